The van der Waals surface area contributed by atoms with Crippen LogP contribution in [0.3, 0.4) is 0 Å². The fourth-order valence-electron chi connectivity index (χ4n) is 2.93. The van der Waals surface area contributed by atoms with Gasteiger partial charge in [-0.05, 0) is 37.6 Å². The van der Waals surface area contributed by atoms with Crippen molar-refractivity contribution < 1.29 is 9.90 Å². The third kappa shape index (κ3) is 3.11. The Morgan fingerprint density at radius 2 is 1.77 bits per heavy atom. The molecule has 5 nitrogen and oxygen atoms in total. The number of benzene rings is 2. The molecule has 2 N–H and O–H groups in total. The zero-order valence-electron chi connectivity index (χ0n) is 14.9. The number of pyridine rings is 1. The molecule has 0 saturated carbocycles. The zero-order chi connectivity index (χ0) is 18.8. The summed E-state index contributed by atoms with van der Waals surface area (Å²) in [6.07, 6.45) is 1.33. The van der Waals surface area contributed by atoms with E-state index in [1.807, 2.05) is 31.2 Å². The molecule has 3 aromatic rings. The van der Waals surface area contributed by atoms with Gasteiger partial charge in [-0.15, -0.1) is 0 Å². The average molecular weight is 348 g/mol. The second-order valence-corrected chi connectivity index (χ2v) is 6.24. The lowest BCUT2D eigenvalue weighted by Crippen LogP contribution is -2.24. The summed E-state index contributed by atoms with van der Waals surface area (Å²) in [7, 11) is 1.59. The van der Waals surface area contributed by atoms with E-state index in [2.05, 4.69) is 5.32 Å². The fourth-order valence-corrected chi connectivity index (χ4v) is 2.93. The summed E-state index contributed by atoms with van der Waals surface area (Å²) in [6.45, 7) is 3.70. The second-order valence-electron chi connectivity index (χ2n) is 6.24. The molecule has 1 heterocycles. The van der Waals surface area contributed by atoms with Gasteiger partial charge in [-0.25, -0.2) is 0 Å². The number of nitrogens with one attached hydrogen (secondary N) is 1. The van der Waals surface area contributed by atoms with Gasteiger partial charge in [-0.1, -0.05) is 30.3 Å². The van der Waals surface area contributed by atoms with Gasteiger partial charge in [0.2, 0.25) is 0 Å². The zero-order valence-corrected chi connectivity index (χ0v) is 14.9. The second kappa shape index (κ2) is 6.88. The molecule has 0 radical (unpaired) electrons. The van der Waals surface area contributed by atoms with Crippen LogP contribution in [0.4, 0.5) is 5.69 Å². The number of anilines is 1. The van der Waals surface area contributed by atoms with Gasteiger partial charge in [0.25, 0.3) is 5.56 Å². The van der Waals surface area contributed by atoms with E-state index < -0.39 is 11.3 Å². The largest absolute Gasteiger partial charge is 0.506 e. The molecule has 1 aromatic heterocycles. The Hall–Kier alpha value is -3.34. The van der Waals surface area contributed by atoms with Crippen LogP contribution in [0.25, 0.3) is 10.9 Å². The number of rotatable bonds is 4. The number of aromatic nitrogens is 1. The first-order valence-electron chi connectivity index (χ1n) is 8.26. The SMILES string of the molecule is CC(=CC(=O)c1c(O)c2ccccc2n(C)c1=O)Nc1ccccc1C. The van der Waals surface area contributed by atoms with Gasteiger partial charge in [-0.3, -0.25) is 9.59 Å². The molecule has 0 bridgehead atoms. The minimum Gasteiger partial charge on any atom is -0.506 e. The molecule has 0 spiro atoms. The van der Waals surface area contributed by atoms with E-state index in [4.69, 9.17) is 0 Å². The van der Waals surface area contributed by atoms with Crippen LogP contribution in [-0.2, 0) is 7.05 Å². The summed E-state index contributed by atoms with van der Waals surface area (Å²) in [5, 5.41) is 14.1. The topological polar surface area (TPSA) is 71.3 Å². The normalized spacial score (nSPS) is 11.6. The van der Waals surface area contributed by atoms with Crippen molar-refractivity contribution in [3.8, 4) is 5.75 Å². The van der Waals surface area contributed by atoms with Crippen molar-refractivity contribution in [2.24, 2.45) is 7.05 Å². The van der Waals surface area contributed by atoms with Crippen LogP contribution in [0.5, 0.6) is 5.75 Å². The maximum absolute atomic E-state index is 12.7. The molecule has 0 unspecified atom stereocenters. The van der Waals surface area contributed by atoms with E-state index in [0.29, 0.717) is 16.6 Å². The molecule has 5 heteroatoms. The number of para-hydroxylation sites is 2. The molecule has 3 rings (SSSR count). The van der Waals surface area contributed by atoms with Crippen LogP contribution in [0.2, 0.25) is 0 Å². The molecular weight excluding hydrogens is 328 g/mol. The Labute approximate surface area is 151 Å². The predicted molar refractivity (Wildman–Crippen MR) is 104 cm³/mol. The van der Waals surface area contributed by atoms with Crippen molar-refractivity contribution in [2.75, 3.05) is 5.32 Å². The van der Waals surface area contributed by atoms with Crippen LogP contribution in [-0.4, -0.2) is 15.5 Å². The van der Waals surface area contributed by atoms with Crippen LogP contribution < -0.4 is 10.9 Å². The van der Waals surface area contributed by atoms with Gasteiger partial charge < -0.3 is 15.0 Å². The molecule has 0 aliphatic carbocycles. The number of ketones is 1. The highest BCUT2D eigenvalue weighted by Gasteiger charge is 2.19. The highest BCUT2D eigenvalue weighted by Crippen LogP contribution is 2.26. The fraction of sp³-hybridized carbons (Fsp3) is 0.143. The summed E-state index contributed by atoms with van der Waals surface area (Å²) < 4.78 is 1.38. The van der Waals surface area contributed by atoms with Crippen molar-refractivity contribution in [3.05, 3.63) is 81.8 Å². The van der Waals surface area contributed by atoms with Crippen molar-refractivity contribution >= 4 is 22.4 Å². The maximum Gasteiger partial charge on any atom is 0.265 e. The Morgan fingerprint density at radius 1 is 1.12 bits per heavy atom. The first-order chi connectivity index (χ1) is 12.4. The van der Waals surface area contributed by atoms with Crippen LogP contribution in [0.15, 0.2) is 65.1 Å². The summed E-state index contributed by atoms with van der Waals surface area (Å²) in [6, 6.07) is 14.6. The number of hydrogen-bond acceptors (Lipinski definition) is 4. The molecule has 2 aromatic carbocycles. The average Bonchev–Trinajstić information content (AvgIpc) is 2.62. The minimum atomic E-state index is -0.535. The van der Waals surface area contributed by atoms with Gasteiger partial charge in [0, 0.05) is 29.9 Å². The number of allylic oxidation sites excluding steroid dienone is 2. The van der Waals surface area contributed by atoms with Crippen molar-refractivity contribution in [1.29, 1.82) is 0 Å². The number of fused-ring (bicyclic) bond motifs is 1. The summed E-state index contributed by atoms with van der Waals surface area (Å²) in [4.78, 5) is 25.2. The van der Waals surface area contributed by atoms with E-state index in [0.717, 1.165) is 11.3 Å². The third-order valence-electron chi connectivity index (χ3n) is 4.35. The standard InChI is InChI=1S/C21H20N2O3/c1-13-8-4-6-10-16(13)22-14(2)12-18(24)19-20(25)15-9-5-7-11-17(15)23(3)21(19)26/h4-12,22,25H,1-3H3. The highest BCUT2D eigenvalue weighted by molar-refractivity contribution is 6.09. The monoisotopic (exact) mass is 348 g/mol. The molecule has 0 aliphatic rings. The van der Waals surface area contributed by atoms with E-state index >= 15 is 0 Å². The van der Waals surface area contributed by atoms with Crippen molar-refractivity contribution in [2.45, 2.75) is 13.8 Å². The lowest BCUT2D eigenvalue weighted by molar-refractivity contribution is 0.104. The third-order valence-corrected chi connectivity index (χ3v) is 4.35. The maximum atomic E-state index is 12.7. The molecule has 0 aliphatic heterocycles. The molecule has 132 valence electrons. The number of nitrogens with zero attached hydrogens (tertiary/aromatic N) is 1. The van der Waals surface area contributed by atoms with Crippen LogP contribution in [0, 0.1) is 6.92 Å². The summed E-state index contributed by atoms with van der Waals surface area (Å²) in [5.41, 5.74) is 2.33. The van der Waals surface area contributed by atoms with E-state index in [1.54, 1.807) is 38.2 Å². The van der Waals surface area contributed by atoms with E-state index in [-0.39, 0.29) is 11.3 Å². The number of hydrogen-bond donors (Lipinski definition) is 2. The van der Waals surface area contributed by atoms with Crippen LogP contribution >= 0.6 is 0 Å². The molecular formula is C21H20N2O3. The smallest absolute Gasteiger partial charge is 0.265 e. The number of carbonyl (C=O) groups excluding carboxylic acids is 1. The van der Waals surface area contributed by atoms with Gasteiger partial charge >= 0.3 is 0 Å². The first kappa shape index (κ1) is 17.5. The van der Waals surface area contributed by atoms with E-state index in [9.17, 15) is 14.7 Å². The lowest BCUT2D eigenvalue weighted by atomic mass is 10.1. The molecule has 26 heavy (non-hydrogen) atoms. The van der Waals surface area contributed by atoms with Gasteiger partial charge in [-0.2, -0.15) is 0 Å². The van der Waals surface area contributed by atoms with Crippen molar-refractivity contribution in [3.63, 3.8) is 0 Å². The Bertz CT molecular complexity index is 1090. The number of aromatic hydroxyl groups is 1. The first-order valence-corrected chi connectivity index (χ1v) is 8.26. The Morgan fingerprint density at radius 3 is 2.50 bits per heavy atom. The Balaban J connectivity index is 2.03. The number of aryl methyl sites for hydroxylation is 2. The molecule has 0 saturated heterocycles. The lowest BCUT2D eigenvalue weighted by Gasteiger charge is -2.11. The van der Waals surface area contributed by atoms with Gasteiger partial charge in [0.1, 0.15) is 11.3 Å². The van der Waals surface area contributed by atoms with Crippen LogP contribution in [0.1, 0.15) is 22.8 Å². The highest BCUT2D eigenvalue weighted by atomic mass is 16.3. The summed E-state index contributed by atoms with van der Waals surface area (Å²) in [5.74, 6) is -0.818. The van der Waals surface area contributed by atoms with Crippen molar-refractivity contribution in [1.82, 2.24) is 4.57 Å². The summed E-state index contributed by atoms with van der Waals surface area (Å²) >= 11 is 0. The van der Waals surface area contributed by atoms with Gasteiger partial charge in [0.15, 0.2) is 5.78 Å². The molecule has 0 atom stereocenters. The number of carbonyl (C=O) groups is 1. The molecule has 0 amide bonds. The van der Waals surface area contributed by atoms with E-state index in [1.165, 1.54) is 10.6 Å². The quantitative estimate of drug-likeness (QED) is 0.556. The predicted octanol–water partition coefficient (Wildman–Crippen LogP) is 3.75. The van der Waals surface area contributed by atoms with Gasteiger partial charge in [0.05, 0.1) is 5.52 Å². The minimum absolute atomic E-state index is 0.225. The molecule has 0 fully saturated rings. The Kier molecular flexibility index (Phi) is 4.63.